The lowest BCUT2D eigenvalue weighted by atomic mass is 10.0. The summed E-state index contributed by atoms with van der Waals surface area (Å²) in [4.78, 5) is 0. The van der Waals surface area contributed by atoms with Gasteiger partial charge in [0.15, 0.2) is 5.84 Å². The maximum atomic E-state index is 9.09. The molecule has 3 nitrogen and oxygen atoms in total. The molecule has 1 aliphatic carbocycles. The molecule has 0 unspecified atom stereocenters. The Kier molecular flexibility index (Phi) is 4.55. The molecule has 0 saturated heterocycles. The molecule has 116 valence electrons. The second-order valence-electron chi connectivity index (χ2n) is 5.25. The summed E-state index contributed by atoms with van der Waals surface area (Å²) in [5, 5.41) is 13.0. The van der Waals surface area contributed by atoms with E-state index >= 15 is 0 Å². The van der Waals surface area contributed by atoms with Gasteiger partial charge in [-0.1, -0.05) is 63.0 Å². The SMILES string of the molecule is N/C(=N/O)C1=C(/C=C/c2ccc(Cl)cc2)Cc2cc(Br)ccc21. The maximum absolute atomic E-state index is 9.09. The number of nitrogens with zero attached hydrogens (tertiary/aromatic N) is 1. The molecule has 3 N–H and O–H groups in total. The van der Waals surface area contributed by atoms with Gasteiger partial charge >= 0.3 is 0 Å². The topological polar surface area (TPSA) is 58.6 Å². The molecular weight excluding hydrogens is 376 g/mol. The monoisotopic (exact) mass is 388 g/mol. The van der Waals surface area contributed by atoms with Gasteiger partial charge in [0, 0.05) is 15.1 Å². The minimum Gasteiger partial charge on any atom is -0.409 e. The van der Waals surface area contributed by atoms with Gasteiger partial charge in [0.05, 0.1) is 0 Å². The van der Waals surface area contributed by atoms with Crippen molar-refractivity contribution in [2.45, 2.75) is 6.42 Å². The predicted octanol–water partition coefficient (Wildman–Crippen LogP) is 4.87. The largest absolute Gasteiger partial charge is 0.409 e. The first kappa shape index (κ1) is 15.8. The summed E-state index contributed by atoms with van der Waals surface area (Å²) in [6.07, 6.45) is 4.74. The number of benzene rings is 2. The van der Waals surface area contributed by atoms with Crippen LogP contribution in [0.2, 0.25) is 5.02 Å². The van der Waals surface area contributed by atoms with Gasteiger partial charge in [0.25, 0.3) is 0 Å². The molecule has 0 amide bonds. The van der Waals surface area contributed by atoms with Crippen molar-refractivity contribution in [1.29, 1.82) is 0 Å². The molecule has 0 aromatic heterocycles. The van der Waals surface area contributed by atoms with Crippen LogP contribution in [0.1, 0.15) is 16.7 Å². The molecular formula is C18H14BrClN2O. The average Bonchev–Trinajstić information content (AvgIpc) is 2.91. The first-order chi connectivity index (χ1) is 11.1. The molecule has 0 spiro atoms. The number of allylic oxidation sites excluding steroid dienone is 2. The minimum absolute atomic E-state index is 0.127. The highest BCUT2D eigenvalue weighted by Gasteiger charge is 2.23. The molecule has 5 heteroatoms. The number of halogens is 2. The molecule has 1 aliphatic rings. The maximum Gasteiger partial charge on any atom is 0.170 e. The Bertz CT molecular complexity index is 839. The molecule has 23 heavy (non-hydrogen) atoms. The lowest BCUT2D eigenvalue weighted by Gasteiger charge is -2.05. The van der Waals surface area contributed by atoms with Crippen LogP contribution in [0.15, 0.2) is 63.7 Å². The van der Waals surface area contributed by atoms with Crippen LogP contribution in [0.4, 0.5) is 0 Å². The van der Waals surface area contributed by atoms with Gasteiger partial charge in [0.2, 0.25) is 0 Å². The van der Waals surface area contributed by atoms with E-state index in [-0.39, 0.29) is 5.84 Å². The quantitative estimate of drug-likeness (QED) is 0.340. The Morgan fingerprint density at radius 3 is 2.61 bits per heavy atom. The lowest BCUT2D eigenvalue weighted by molar-refractivity contribution is 0.319. The molecule has 3 rings (SSSR count). The van der Waals surface area contributed by atoms with Crippen molar-refractivity contribution in [3.63, 3.8) is 0 Å². The van der Waals surface area contributed by atoms with Crippen molar-refractivity contribution in [3.8, 4) is 0 Å². The fraction of sp³-hybridized carbons (Fsp3) is 0.0556. The van der Waals surface area contributed by atoms with Crippen molar-refractivity contribution < 1.29 is 5.21 Å². The van der Waals surface area contributed by atoms with Crippen molar-refractivity contribution in [3.05, 3.63) is 80.3 Å². The van der Waals surface area contributed by atoms with Crippen LogP contribution in [0, 0.1) is 0 Å². The summed E-state index contributed by atoms with van der Waals surface area (Å²) in [5.41, 5.74) is 10.9. The standard InChI is InChI=1S/C18H14BrClN2O/c19-14-5-8-16-13(10-14)9-12(17(16)18(21)22-23)4-1-11-2-6-15(20)7-3-11/h1-8,10,23H,9H2,(H2,21,22)/b4-1+. The zero-order valence-corrected chi connectivity index (χ0v) is 14.5. The Balaban J connectivity index is 2.00. The summed E-state index contributed by atoms with van der Waals surface area (Å²) >= 11 is 9.38. The van der Waals surface area contributed by atoms with Gasteiger partial charge in [0.1, 0.15) is 0 Å². The molecule has 0 saturated carbocycles. The summed E-state index contributed by atoms with van der Waals surface area (Å²) < 4.78 is 1.01. The van der Waals surface area contributed by atoms with Crippen molar-refractivity contribution in [2.24, 2.45) is 10.9 Å². The van der Waals surface area contributed by atoms with Gasteiger partial charge in [-0.05, 0) is 52.9 Å². The first-order valence-corrected chi connectivity index (χ1v) is 8.19. The molecule has 2 aromatic rings. The highest BCUT2D eigenvalue weighted by Crippen LogP contribution is 2.35. The van der Waals surface area contributed by atoms with E-state index in [1.165, 1.54) is 0 Å². The van der Waals surface area contributed by atoms with Crippen LogP contribution in [0.5, 0.6) is 0 Å². The number of oxime groups is 1. The highest BCUT2D eigenvalue weighted by molar-refractivity contribution is 9.10. The van der Waals surface area contributed by atoms with Crippen LogP contribution in [-0.4, -0.2) is 11.0 Å². The van der Waals surface area contributed by atoms with Crippen LogP contribution in [0.25, 0.3) is 11.6 Å². The van der Waals surface area contributed by atoms with Crippen molar-refractivity contribution in [2.75, 3.05) is 0 Å². The third-order valence-electron chi connectivity index (χ3n) is 3.75. The summed E-state index contributed by atoms with van der Waals surface area (Å²) in [6.45, 7) is 0. The van der Waals surface area contributed by atoms with E-state index in [1.807, 2.05) is 48.6 Å². The molecule has 0 atom stereocenters. The van der Waals surface area contributed by atoms with E-state index < -0.39 is 0 Å². The summed E-state index contributed by atoms with van der Waals surface area (Å²) in [5.74, 6) is 0.127. The van der Waals surface area contributed by atoms with Gasteiger partial charge in [-0.2, -0.15) is 0 Å². The zero-order chi connectivity index (χ0) is 16.4. The van der Waals surface area contributed by atoms with Crippen molar-refractivity contribution >= 4 is 45.0 Å². The average molecular weight is 390 g/mol. The second kappa shape index (κ2) is 6.60. The second-order valence-corrected chi connectivity index (χ2v) is 6.60. The van der Waals surface area contributed by atoms with Crippen LogP contribution >= 0.6 is 27.5 Å². The van der Waals surface area contributed by atoms with Crippen LogP contribution in [-0.2, 0) is 6.42 Å². The molecule has 0 radical (unpaired) electrons. The number of nitrogens with two attached hydrogens (primary N) is 1. The van der Waals surface area contributed by atoms with Crippen LogP contribution in [0.3, 0.4) is 0 Å². The van der Waals surface area contributed by atoms with Gasteiger partial charge in [-0.15, -0.1) is 0 Å². The number of rotatable bonds is 3. The Labute approximate surface area is 147 Å². The lowest BCUT2D eigenvalue weighted by Crippen LogP contribution is -2.14. The molecule has 2 aromatic carbocycles. The molecule has 0 fully saturated rings. The third kappa shape index (κ3) is 3.33. The Morgan fingerprint density at radius 2 is 1.91 bits per heavy atom. The fourth-order valence-corrected chi connectivity index (χ4v) is 3.22. The number of hydrogen-bond acceptors (Lipinski definition) is 2. The molecule has 0 aliphatic heterocycles. The minimum atomic E-state index is 0.127. The Morgan fingerprint density at radius 1 is 1.17 bits per heavy atom. The van der Waals surface area contributed by atoms with Crippen molar-refractivity contribution in [1.82, 2.24) is 0 Å². The first-order valence-electron chi connectivity index (χ1n) is 7.02. The summed E-state index contributed by atoms with van der Waals surface area (Å²) in [6, 6.07) is 13.6. The number of hydrogen-bond donors (Lipinski definition) is 2. The van der Waals surface area contributed by atoms with Gasteiger partial charge < -0.3 is 10.9 Å². The summed E-state index contributed by atoms with van der Waals surface area (Å²) in [7, 11) is 0. The van der Waals surface area contributed by atoms with Gasteiger partial charge in [-0.3, -0.25) is 0 Å². The third-order valence-corrected chi connectivity index (χ3v) is 4.49. The molecule has 0 bridgehead atoms. The van der Waals surface area contributed by atoms with E-state index in [1.54, 1.807) is 0 Å². The zero-order valence-electron chi connectivity index (χ0n) is 12.1. The van der Waals surface area contributed by atoms with E-state index in [2.05, 4.69) is 27.2 Å². The molecule has 0 heterocycles. The number of fused-ring (bicyclic) bond motifs is 1. The van der Waals surface area contributed by atoms with E-state index in [0.29, 0.717) is 5.02 Å². The smallest absolute Gasteiger partial charge is 0.170 e. The normalized spacial score (nSPS) is 14.6. The van der Waals surface area contributed by atoms with E-state index in [0.717, 1.165) is 38.7 Å². The van der Waals surface area contributed by atoms with Crippen LogP contribution < -0.4 is 5.73 Å². The van der Waals surface area contributed by atoms with E-state index in [9.17, 15) is 0 Å². The predicted molar refractivity (Wildman–Crippen MR) is 98.7 cm³/mol. The van der Waals surface area contributed by atoms with Gasteiger partial charge in [-0.25, -0.2) is 0 Å². The fourth-order valence-electron chi connectivity index (χ4n) is 2.68. The van der Waals surface area contributed by atoms with E-state index in [4.69, 9.17) is 22.5 Å². The Hall–Kier alpha value is -2.04. The highest BCUT2D eigenvalue weighted by atomic mass is 79.9. The number of amidine groups is 1.